The average Bonchev–Trinajstić information content (AvgIpc) is 3.14. The van der Waals surface area contributed by atoms with Crippen molar-refractivity contribution in [3.8, 4) is 0 Å². The number of unbranched alkanes of at least 4 members (excludes halogenated alkanes) is 2. The molecule has 0 saturated heterocycles. The number of hydrogen-bond acceptors (Lipinski definition) is 3. The third-order valence-corrected chi connectivity index (χ3v) is 3.56. The summed E-state index contributed by atoms with van der Waals surface area (Å²) < 4.78 is 0. The Labute approximate surface area is 114 Å². The van der Waals surface area contributed by atoms with E-state index in [-0.39, 0.29) is 0 Å². The van der Waals surface area contributed by atoms with E-state index in [0.29, 0.717) is 0 Å². The molecule has 0 aromatic heterocycles. The van der Waals surface area contributed by atoms with Crippen LogP contribution in [-0.4, -0.2) is 62.7 Å². The highest BCUT2D eigenvalue weighted by Gasteiger charge is 2.19. The molecule has 1 fully saturated rings. The van der Waals surface area contributed by atoms with Gasteiger partial charge in [-0.05, 0) is 65.8 Å². The molecular formula is C15H33N3. The molecule has 1 rings (SSSR count). The van der Waals surface area contributed by atoms with Crippen molar-refractivity contribution in [2.45, 2.75) is 51.5 Å². The van der Waals surface area contributed by atoms with E-state index in [1.807, 2.05) is 0 Å². The second-order valence-corrected chi connectivity index (χ2v) is 5.93. The van der Waals surface area contributed by atoms with E-state index < -0.39 is 0 Å². The monoisotopic (exact) mass is 255 g/mol. The van der Waals surface area contributed by atoms with Crippen LogP contribution in [0, 0.1) is 0 Å². The standard InChI is InChI=1S/C15H33N3/c1-4-11-18(14-13-17(2)3)12-7-5-6-10-16-15-8-9-15/h15-16H,4-14H2,1-3H3. The van der Waals surface area contributed by atoms with E-state index in [0.717, 1.165) is 6.04 Å². The van der Waals surface area contributed by atoms with Crippen LogP contribution in [0.4, 0.5) is 0 Å². The van der Waals surface area contributed by atoms with Crippen LogP contribution in [0.2, 0.25) is 0 Å². The molecule has 0 spiro atoms. The van der Waals surface area contributed by atoms with Gasteiger partial charge < -0.3 is 15.1 Å². The van der Waals surface area contributed by atoms with E-state index in [4.69, 9.17) is 0 Å². The van der Waals surface area contributed by atoms with Gasteiger partial charge in [0.2, 0.25) is 0 Å². The second-order valence-electron chi connectivity index (χ2n) is 5.93. The predicted octanol–water partition coefficient (Wildman–Crippen LogP) is 2.18. The molecule has 1 aliphatic rings. The lowest BCUT2D eigenvalue weighted by Gasteiger charge is -2.23. The predicted molar refractivity (Wildman–Crippen MR) is 80.2 cm³/mol. The molecule has 0 atom stereocenters. The lowest BCUT2D eigenvalue weighted by Crippen LogP contribution is -2.33. The van der Waals surface area contributed by atoms with Crippen molar-refractivity contribution in [1.29, 1.82) is 0 Å². The van der Waals surface area contributed by atoms with Crippen molar-refractivity contribution in [3.63, 3.8) is 0 Å². The zero-order chi connectivity index (χ0) is 13.2. The van der Waals surface area contributed by atoms with E-state index in [1.165, 1.54) is 71.2 Å². The third kappa shape index (κ3) is 8.90. The molecule has 1 N–H and O–H groups in total. The molecule has 3 nitrogen and oxygen atoms in total. The van der Waals surface area contributed by atoms with Gasteiger partial charge in [0.1, 0.15) is 0 Å². The van der Waals surface area contributed by atoms with Gasteiger partial charge in [0.05, 0.1) is 0 Å². The lowest BCUT2D eigenvalue weighted by molar-refractivity contribution is 0.236. The first-order valence-corrected chi connectivity index (χ1v) is 7.83. The molecule has 108 valence electrons. The second kappa shape index (κ2) is 9.76. The smallest absolute Gasteiger partial charge is 0.0109 e. The summed E-state index contributed by atoms with van der Waals surface area (Å²) in [6, 6.07) is 0.877. The largest absolute Gasteiger partial charge is 0.314 e. The summed E-state index contributed by atoms with van der Waals surface area (Å²) in [6.45, 7) is 8.46. The third-order valence-electron chi connectivity index (χ3n) is 3.56. The summed E-state index contributed by atoms with van der Waals surface area (Å²) in [7, 11) is 4.32. The molecule has 0 heterocycles. The van der Waals surface area contributed by atoms with Crippen molar-refractivity contribution < 1.29 is 0 Å². The van der Waals surface area contributed by atoms with Gasteiger partial charge in [-0.3, -0.25) is 0 Å². The van der Waals surface area contributed by atoms with Crippen molar-refractivity contribution >= 4 is 0 Å². The Kier molecular flexibility index (Phi) is 8.64. The Balaban J connectivity index is 1.93. The molecule has 0 unspecified atom stereocenters. The first-order valence-electron chi connectivity index (χ1n) is 7.83. The number of hydrogen-bond donors (Lipinski definition) is 1. The summed E-state index contributed by atoms with van der Waals surface area (Å²) >= 11 is 0. The Bertz CT molecular complexity index is 190. The summed E-state index contributed by atoms with van der Waals surface area (Å²) in [5.74, 6) is 0. The zero-order valence-electron chi connectivity index (χ0n) is 12.7. The van der Waals surface area contributed by atoms with Crippen LogP contribution in [0.1, 0.15) is 45.4 Å². The number of rotatable bonds is 12. The summed E-state index contributed by atoms with van der Waals surface area (Å²) in [6.07, 6.45) is 8.19. The van der Waals surface area contributed by atoms with Crippen molar-refractivity contribution in [1.82, 2.24) is 15.1 Å². The molecular weight excluding hydrogens is 222 g/mol. The fraction of sp³-hybridized carbons (Fsp3) is 1.00. The van der Waals surface area contributed by atoms with E-state index in [1.54, 1.807) is 0 Å². The minimum absolute atomic E-state index is 0.877. The number of nitrogens with zero attached hydrogens (tertiary/aromatic N) is 2. The molecule has 0 bridgehead atoms. The van der Waals surface area contributed by atoms with E-state index >= 15 is 0 Å². The molecule has 0 aromatic carbocycles. The number of likely N-dealkylation sites (N-methyl/N-ethyl adjacent to an activating group) is 1. The van der Waals surface area contributed by atoms with Gasteiger partial charge >= 0.3 is 0 Å². The number of nitrogens with one attached hydrogen (secondary N) is 1. The maximum Gasteiger partial charge on any atom is 0.0109 e. The van der Waals surface area contributed by atoms with Crippen molar-refractivity contribution in [2.75, 3.05) is 46.8 Å². The van der Waals surface area contributed by atoms with Gasteiger partial charge in [-0.25, -0.2) is 0 Å². The minimum atomic E-state index is 0.877. The van der Waals surface area contributed by atoms with Crippen molar-refractivity contribution in [2.24, 2.45) is 0 Å². The van der Waals surface area contributed by atoms with Crippen molar-refractivity contribution in [3.05, 3.63) is 0 Å². The van der Waals surface area contributed by atoms with Crippen LogP contribution in [-0.2, 0) is 0 Å². The van der Waals surface area contributed by atoms with Gasteiger partial charge in [0.25, 0.3) is 0 Å². The van der Waals surface area contributed by atoms with Gasteiger partial charge in [-0.15, -0.1) is 0 Å². The maximum atomic E-state index is 3.59. The fourth-order valence-electron chi connectivity index (χ4n) is 2.22. The van der Waals surface area contributed by atoms with Gasteiger partial charge in [0, 0.05) is 19.1 Å². The SMILES string of the molecule is CCCN(CCCCCNC1CC1)CCN(C)C. The summed E-state index contributed by atoms with van der Waals surface area (Å²) in [4.78, 5) is 4.90. The highest BCUT2D eigenvalue weighted by atomic mass is 15.2. The first-order chi connectivity index (χ1) is 8.72. The molecule has 0 amide bonds. The van der Waals surface area contributed by atoms with Crippen LogP contribution in [0.5, 0.6) is 0 Å². The molecule has 3 heteroatoms. The van der Waals surface area contributed by atoms with Crippen LogP contribution in [0.25, 0.3) is 0 Å². The first kappa shape index (κ1) is 15.9. The van der Waals surface area contributed by atoms with Gasteiger partial charge in [-0.1, -0.05) is 13.3 Å². The molecule has 0 aliphatic heterocycles. The summed E-state index contributed by atoms with van der Waals surface area (Å²) in [5.41, 5.74) is 0. The van der Waals surface area contributed by atoms with E-state index in [2.05, 4.69) is 36.1 Å². The zero-order valence-corrected chi connectivity index (χ0v) is 12.7. The Morgan fingerprint density at radius 1 is 0.944 bits per heavy atom. The quantitative estimate of drug-likeness (QED) is 0.539. The fourth-order valence-corrected chi connectivity index (χ4v) is 2.22. The van der Waals surface area contributed by atoms with Gasteiger partial charge in [-0.2, -0.15) is 0 Å². The molecule has 18 heavy (non-hydrogen) atoms. The molecule has 0 aromatic rings. The lowest BCUT2D eigenvalue weighted by atomic mass is 10.2. The Morgan fingerprint density at radius 3 is 2.33 bits per heavy atom. The molecule has 1 aliphatic carbocycles. The van der Waals surface area contributed by atoms with Crippen LogP contribution in [0.15, 0.2) is 0 Å². The highest BCUT2D eigenvalue weighted by Crippen LogP contribution is 2.18. The minimum Gasteiger partial charge on any atom is -0.314 e. The summed E-state index contributed by atoms with van der Waals surface area (Å²) in [5, 5.41) is 3.59. The molecule has 0 radical (unpaired) electrons. The normalized spacial score (nSPS) is 15.8. The van der Waals surface area contributed by atoms with Gasteiger partial charge in [0.15, 0.2) is 0 Å². The van der Waals surface area contributed by atoms with Crippen LogP contribution < -0.4 is 5.32 Å². The topological polar surface area (TPSA) is 18.5 Å². The highest BCUT2D eigenvalue weighted by molar-refractivity contribution is 4.80. The van der Waals surface area contributed by atoms with E-state index in [9.17, 15) is 0 Å². The maximum absolute atomic E-state index is 3.59. The Hall–Kier alpha value is -0.120. The average molecular weight is 255 g/mol. The van der Waals surface area contributed by atoms with Crippen LogP contribution >= 0.6 is 0 Å². The van der Waals surface area contributed by atoms with Crippen LogP contribution in [0.3, 0.4) is 0 Å². The Morgan fingerprint density at radius 2 is 1.72 bits per heavy atom. The molecule has 1 saturated carbocycles.